The van der Waals surface area contributed by atoms with Crippen LogP contribution in [0, 0.1) is 6.92 Å². The highest BCUT2D eigenvalue weighted by molar-refractivity contribution is 5.69. The van der Waals surface area contributed by atoms with Crippen LogP contribution in [0.5, 0.6) is 0 Å². The summed E-state index contributed by atoms with van der Waals surface area (Å²) in [5.41, 5.74) is 5.18. The summed E-state index contributed by atoms with van der Waals surface area (Å²) >= 11 is 0. The van der Waals surface area contributed by atoms with Gasteiger partial charge in [-0.05, 0) is 24.1 Å². The highest BCUT2D eigenvalue weighted by atomic mass is 14.7. The quantitative estimate of drug-likeness (QED) is 0.638. The third kappa shape index (κ3) is 2.41. The van der Waals surface area contributed by atoms with Gasteiger partial charge in [0, 0.05) is 17.3 Å². The van der Waals surface area contributed by atoms with Crippen LogP contribution in [0.3, 0.4) is 0 Å². The van der Waals surface area contributed by atoms with Crippen molar-refractivity contribution in [1.29, 1.82) is 0 Å². The molecule has 1 heterocycles. The molecular formula is C18H15N. The van der Waals surface area contributed by atoms with Crippen molar-refractivity contribution < 1.29 is 2.74 Å². The first-order valence-corrected chi connectivity index (χ1v) is 6.24. The summed E-state index contributed by atoms with van der Waals surface area (Å²) in [4.78, 5) is 4.57. The molecule has 92 valence electrons. The summed E-state index contributed by atoms with van der Waals surface area (Å²) in [6.07, 6.45) is 1.86. The number of hydrogen-bond donors (Lipinski definition) is 0. The maximum atomic E-state index is 7.54. The van der Waals surface area contributed by atoms with Crippen LogP contribution in [0.25, 0.3) is 22.4 Å². The lowest BCUT2D eigenvalue weighted by molar-refractivity contribution is 1.27. The van der Waals surface area contributed by atoms with E-state index in [0.717, 1.165) is 27.9 Å². The Labute approximate surface area is 116 Å². The Hall–Kier alpha value is -2.41. The largest absolute Gasteiger partial charge is 0.255 e. The zero-order chi connectivity index (χ0) is 14.8. The molecule has 1 aromatic heterocycles. The van der Waals surface area contributed by atoms with Crippen LogP contribution in [0.2, 0.25) is 0 Å². The van der Waals surface area contributed by atoms with E-state index in [1.54, 1.807) is 24.3 Å². The molecule has 1 heteroatoms. The van der Waals surface area contributed by atoms with Gasteiger partial charge < -0.3 is 0 Å². The maximum absolute atomic E-state index is 7.54. The molecule has 3 aromatic rings. The van der Waals surface area contributed by atoms with Gasteiger partial charge in [-0.1, -0.05) is 60.6 Å². The first kappa shape index (κ1) is 9.51. The van der Waals surface area contributed by atoms with Gasteiger partial charge in [0.1, 0.15) is 0 Å². The number of aryl methyl sites for hydroxylation is 1. The van der Waals surface area contributed by atoms with Gasteiger partial charge in [0.2, 0.25) is 0 Å². The third-order valence-corrected chi connectivity index (χ3v) is 3.12. The van der Waals surface area contributed by atoms with E-state index >= 15 is 0 Å². The first-order valence-electron chi connectivity index (χ1n) is 7.24. The zero-order valence-electron chi connectivity index (χ0n) is 12.7. The van der Waals surface area contributed by atoms with Gasteiger partial charge in [0.05, 0.1) is 8.44 Å². The van der Waals surface area contributed by atoms with E-state index in [2.05, 4.69) is 11.1 Å². The van der Waals surface area contributed by atoms with Gasteiger partial charge in [0.15, 0.2) is 0 Å². The lowest BCUT2D eigenvalue weighted by atomic mass is 10.0. The Kier molecular flexibility index (Phi) is 2.54. The average molecular weight is 247 g/mol. The van der Waals surface area contributed by atoms with E-state index in [9.17, 15) is 0 Å². The predicted molar refractivity (Wildman–Crippen MR) is 79.8 cm³/mol. The van der Waals surface area contributed by atoms with Crippen molar-refractivity contribution in [3.8, 4) is 22.4 Å². The number of hydrogen-bond acceptors (Lipinski definition) is 1. The van der Waals surface area contributed by atoms with E-state index in [1.165, 1.54) is 0 Å². The van der Waals surface area contributed by atoms with Crippen molar-refractivity contribution >= 4 is 0 Å². The standard InChI is InChI=1S/C18H15N/c1-14-12-17(15-8-4-2-5-9-15)13-19-18(14)16-10-6-3-7-11-16/h2-13H,1H3/i2D,3D. The highest BCUT2D eigenvalue weighted by Gasteiger charge is 2.05. The topological polar surface area (TPSA) is 12.9 Å². The summed E-state index contributed by atoms with van der Waals surface area (Å²) in [7, 11) is 0. The zero-order valence-corrected chi connectivity index (χ0v) is 10.7. The van der Waals surface area contributed by atoms with E-state index in [0.29, 0.717) is 12.1 Å². The summed E-state index contributed by atoms with van der Waals surface area (Å²) in [6.45, 7) is 2.04. The van der Waals surface area contributed by atoms with Crippen LogP contribution < -0.4 is 0 Å². The van der Waals surface area contributed by atoms with Gasteiger partial charge >= 0.3 is 0 Å². The summed E-state index contributed by atoms with van der Waals surface area (Å²) in [6, 6.07) is 18.0. The molecule has 0 saturated carbocycles. The molecule has 0 spiro atoms. The van der Waals surface area contributed by atoms with Crippen LogP contribution in [-0.2, 0) is 0 Å². The predicted octanol–water partition coefficient (Wildman–Crippen LogP) is 4.72. The van der Waals surface area contributed by atoms with Gasteiger partial charge in [-0.3, -0.25) is 4.98 Å². The lowest BCUT2D eigenvalue weighted by Gasteiger charge is -2.08. The first-order chi connectivity index (χ1) is 10.1. The number of rotatable bonds is 2. The molecule has 19 heavy (non-hydrogen) atoms. The molecular weight excluding hydrogens is 230 g/mol. The second kappa shape index (κ2) is 5.07. The second-order valence-electron chi connectivity index (χ2n) is 4.47. The fraction of sp³-hybridized carbons (Fsp3) is 0.0556. The Morgan fingerprint density at radius 2 is 1.42 bits per heavy atom. The van der Waals surface area contributed by atoms with Gasteiger partial charge in [0.25, 0.3) is 0 Å². The highest BCUT2D eigenvalue weighted by Crippen LogP contribution is 2.25. The van der Waals surface area contributed by atoms with Crippen LogP contribution in [0.1, 0.15) is 8.30 Å². The summed E-state index contributed by atoms with van der Waals surface area (Å²) in [5.74, 6) is 0. The molecule has 3 rings (SSSR count). The van der Waals surface area contributed by atoms with Crippen LogP contribution in [0.4, 0.5) is 0 Å². The third-order valence-electron chi connectivity index (χ3n) is 3.12. The fourth-order valence-electron chi connectivity index (χ4n) is 2.16. The van der Waals surface area contributed by atoms with Crippen molar-refractivity contribution in [3.05, 3.63) is 78.4 Å². The Morgan fingerprint density at radius 1 is 0.842 bits per heavy atom. The normalized spacial score (nSPS) is 11.8. The molecule has 0 unspecified atom stereocenters. The molecule has 0 bridgehead atoms. The van der Waals surface area contributed by atoms with Crippen molar-refractivity contribution in [2.24, 2.45) is 0 Å². The Bertz CT molecular complexity index is 762. The minimum absolute atomic E-state index is 0.503. The fourth-order valence-corrected chi connectivity index (χ4v) is 2.16. The number of nitrogens with zero attached hydrogens (tertiary/aromatic N) is 1. The molecule has 0 radical (unpaired) electrons. The Morgan fingerprint density at radius 3 is 2.00 bits per heavy atom. The van der Waals surface area contributed by atoms with Crippen LogP contribution in [0.15, 0.2) is 72.9 Å². The minimum atomic E-state index is 0.503. The second-order valence-corrected chi connectivity index (χ2v) is 4.47. The summed E-state index contributed by atoms with van der Waals surface area (Å²) < 4.78 is 15.1. The molecule has 0 atom stereocenters. The van der Waals surface area contributed by atoms with Crippen molar-refractivity contribution in [2.45, 2.75) is 6.92 Å². The van der Waals surface area contributed by atoms with Crippen molar-refractivity contribution in [1.82, 2.24) is 4.98 Å². The molecule has 0 saturated heterocycles. The SMILES string of the molecule is [2H]c1ccc(-c2cnc(-c3ccc([2H])cc3)c(C)c2)cc1. The van der Waals surface area contributed by atoms with Gasteiger partial charge in [-0.25, -0.2) is 0 Å². The molecule has 0 aliphatic heterocycles. The van der Waals surface area contributed by atoms with Crippen molar-refractivity contribution in [3.63, 3.8) is 0 Å². The van der Waals surface area contributed by atoms with E-state index in [1.807, 2.05) is 37.4 Å². The number of aromatic nitrogens is 1. The lowest BCUT2D eigenvalue weighted by Crippen LogP contribution is -1.89. The molecule has 0 aliphatic carbocycles. The van der Waals surface area contributed by atoms with E-state index in [4.69, 9.17) is 2.74 Å². The summed E-state index contributed by atoms with van der Waals surface area (Å²) in [5, 5.41) is 0. The maximum Gasteiger partial charge on any atom is 0.0731 e. The molecule has 0 fully saturated rings. The number of pyridine rings is 1. The molecule has 0 N–H and O–H groups in total. The van der Waals surface area contributed by atoms with Crippen LogP contribution >= 0.6 is 0 Å². The van der Waals surface area contributed by atoms with E-state index < -0.39 is 0 Å². The monoisotopic (exact) mass is 247 g/mol. The average Bonchev–Trinajstić information content (AvgIpc) is 2.49. The van der Waals surface area contributed by atoms with Crippen LogP contribution in [-0.4, -0.2) is 4.98 Å². The smallest absolute Gasteiger partial charge is 0.0731 e. The minimum Gasteiger partial charge on any atom is -0.255 e. The van der Waals surface area contributed by atoms with E-state index in [-0.39, 0.29) is 0 Å². The number of benzene rings is 2. The van der Waals surface area contributed by atoms with Gasteiger partial charge in [-0.15, -0.1) is 0 Å². The molecule has 1 nitrogen and oxygen atoms in total. The molecule has 0 aliphatic rings. The molecule has 0 amide bonds. The Balaban J connectivity index is 1.99. The van der Waals surface area contributed by atoms with Crippen molar-refractivity contribution in [2.75, 3.05) is 0 Å². The molecule has 2 aromatic carbocycles. The van der Waals surface area contributed by atoms with Gasteiger partial charge in [-0.2, -0.15) is 0 Å².